The van der Waals surface area contributed by atoms with Crippen molar-refractivity contribution in [2.75, 3.05) is 33.1 Å². The summed E-state index contributed by atoms with van der Waals surface area (Å²) in [4.78, 5) is 4.34. The standard InChI is InChI=1S/C18H27N3O2/c1-19-18(20-11-15(12-4-5-12)13-6-7-13)21-14-8-9-16(22-2)17(10-14)23-3/h8-10,12-13,15H,4-7,11H2,1-3H3,(H2,19,20,21). The number of nitrogens with one attached hydrogen (secondary N) is 2. The van der Waals surface area contributed by atoms with Crippen LogP contribution in [0.1, 0.15) is 25.7 Å². The fourth-order valence-electron chi connectivity index (χ4n) is 3.21. The van der Waals surface area contributed by atoms with Crippen molar-refractivity contribution in [3.63, 3.8) is 0 Å². The van der Waals surface area contributed by atoms with E-state index in [1.165, 1.54) is 25.7 Å². The number of hydrogen-bond acceptors (Lipinski definition) is 3. The van der Waals surface area contributed by atoms with Gasteiger partial charge < -0.3 is 20.1 Å². The molecule has 126 valence electrons. The summed E-state index contributed by atoms with van der Waals surface area (Å²) in [6.45, 7) is 1.02. The highest BCUT2D eigenvalue weighted by atomic mass is 16.5. The smallest absolute Gasteiger partial charge is 0.195 e. The Morgan fingerprint density at radius 1 is 1.13 bits per heavy atom. The Bertz CT molecular complexity index is 553. The molecular weight excluding hydrogens is 290 g/mol. The van der Waals surface area contributed by atoms with Crippen LogP contribution in [0.15, 0.2) is 23.2 Å². The Morgan fingerprint density at radius 3 is 2.30 bits per heavy atom. The van der Waals surface area contributed by atoms with Crippen LogP contribution in [-0.4, -0.2) is 33.8 Å². The first kappa shape index (κ1) is 16.0. The zero-order valence-corrected chi connectivity index (χ0v) is 14.3. The van der Waals surface area contributed by atoms with Gasteiger partial charge in [0, 0.05) is 25.3 Å². The van der Waals surface area contributed by atoms with E-state index in [9.17, 15) is 0 Å². The molecule has 0 atom stereocenters. The number of rotatable bonds is 7. The lowest BCUT2D eigenvalue weighted by Gasteiger charge is -2.19. The molecule has 0 heterocycles. The summed E-state index contributed by atoms with van der Waals surface area (Å²) >= 11 is 0. The number of nitrogens with zero attached hydrogens (tertiary/aromatic N) is 1. The van der Waals surface area contributed by atoms with E-state index in [0.717, 1.165) is 41.7 Å². The average molecular weight is 317 g/mol. The molecule has 2 saturated carbocycles. The number of ether oxygens (including phenoxy) is 2. The van der Waals surface area contributed by atoms with Gasteiger partial charge in [-0.25, -0.2) is 0 Å². The normalized spacial score (nSPS) is 18.0. The number of aliphatic imine (C=N–C) groups is 1. The van der Waals surface area contributed by atoms with Crippen LogP contribution in [0, 0.1) is 17.8 Å². The molecule has 0 aromatic heterocycles. The van der Waals surface area contributed by atoms with Gasteiger partial charge in [-0.2, -0.15) is 0 Å². The fourth-order valence-corrected chi connectivity index (χ4v) is 3.21. The maximum Gasteiger partial charge on any atom is 0.195 e. The van der Waals surface area contributed by atoms with Crippen LogP contribution in [0.3, 0.4) is 0 Å². The van der Waals surface area contributed by atoms with Gasteiger partial charge in [0.05, 0.1) is 14.2 Å². The maximum absolute atomic E-state index is 5.34. The molecule has 23 heavy (non-hydrogen) atoms. The molecule has 3 rings (SSSR count). The van der Waals surface area contributed by atoms with Gasteiger partial charge in [0.15, 0.2) is 17.5 Å². The summed E-state index contributed by atoms with van der Waals surface area (Å²) in [5, 5.41) is 6.83. The van der Waals surface area contributed by atoms with Gasteiger partial charge in [0.1, 0.15) is 0 Å². The molecule has 0 aliphatic heterocycles. The van der Waals surface area contributed by atoms with Crippen molar-refractivity contribution in [3.8, 4) is 11.5 Å². The Kier molecular flexibility index (Phi) is 4.94. The van der Waals surface area contributed by atoms with Gasteiger partial charge >= 0.3 is 0 Å². The quantitative estimate of drug-likeness (QED) is 0.599. The minimum absolute atomic E-state index is 0.710. The molecule has 0 spiro atoms. The van der Waals surface area contributed by atoms with E-state index in [0.29, 0.717) is 5.75 Å². The molecule has 0 unspecified atom stereocenters. The van der Waals surface area contributed by atoms with Crippen LogP contribution in [0.2, 0.25) is 0 Å². The van der Waals surface area contributed by atoms with Crippen LogP contribution in [0.25, 0.3) is 0 Å². The van der Waals surface area contributed by atoms with Crippen LogP contribution < -0.4 is 20.1 Å². The Balaban J connectivity index is 1.58. The summed E-state index contributed by atoms with van der Waals surface area (Å²) < 4.78 is 10.6. The SMILES string of the molecule is CN=C(NCC(C1CC1)C1CC1)Nc1ccc(OC)c(OC)c1. The van der Waals surface area contributed by atoms with E-state index in [1.54, 1.807) is 21.3 Å². The summed E-state index contributed by atoms with van der Waals surface area (Å²) in [5.41, 5.74) is 0.935. The van der Waals surface area contributed by atoms with Crippen molar-refractivity contribution in [1.82, 2.24) is 5.32 Å². The lowest BCUT2D eigenvalue weighted by Crippen LogP contribution is -2.35. The van der Waals surface area contributed by atoms with Crippen LogP contribution in [0.4, 0.5) is 5.69 Å². The highest BCUT2D eigenvalue weighted by Gasteiger charge is 2.41. The molecule has 1 aromatic carbocycles. The molecule has 5 heteroatoms. The third kappa shape index (κ3) is 4.09. The van der Waals surface area contributed by atoms with Gasteiger partial charge in [0.25, 0.3) is 0 Å². The summed E-state index contributed by atoms with van der Waals surface area (Å²) in [6.07, 6.45) is 5.63. The van der Waals surface area contributed by atoms with Crippen molar-refractivity contribution in [1.29, 1.82) is 0 Å². The third-order valence-electron chi connectivity index (χ3n) is 4.83. The monoisotopic (exact) mass is 317 g/mol. The van der Waals surface area contributed by atoms with E-state index >= 15 is 0 Å². The topological polar surface area (TPSA) is 54.9 Å². The number of benzene rings is 1. The summed E-state index contributed by atoms with van der Waals surface area (Å²) in [7, 11) is 5.09. The van der Waals surface area contributed by atoms with Crippen molar-refractivity contribution in [3.05, 3.63) is 18.2 Å². The first-order valence-corrected chi connectivity index (χ1v) is 8.45. The van der Waals surface area contributed by atoms with Crippen molar-refractivity contribution in [2.24, 2.45) is 22.7 Å². The molecule has 2 fully saturated rings. The van der Waals surface area contributed by atoms with Gasteiger partial charge in [-0.3, -0.25) is 4.99 Å². The van der Waals surface area contributed by atoms with Crippen molar-refractivity contribution in [2.45, 2.75) is 25.7 Å². The highest BCUT2D eigenvalue weighted by Crippen LogP contribution is 2.48. The number of methoxy groups -OCH3 is 2. The molecule has 0 radical (unpaired) electrons. The van der Waals surface area contributed by atoms with E-state index in [-0.39, 0.29) is 0 Å². The van der Waals surface area contributed by atoms with E-state index in [4.69, 9.17) is 9.47 Å². The number of hydrogen-bond donors (Lipinski definition) is 2. The lowest BCUT2D eigenvalue weighted by atomic mass is 9.98. The molecule has 2 N–H and O–H groups in total. The van der Waals surface area contributed by atoms with Gasteiger partial charge in [0.2, 0.25) is 0 Å². The minimum atomic E-state index is 0.710. The van der Waals surface area contributed by atoms with Crippen LogP contribution >= 0.6 is 0 Å². The van der Waals surface area contributed by atoms with E-state index < -0.39 is 0 Å². The molecule has 2 aliphatic rings. The second kappa shape index (κ2) is 7.11. The van der Waals surface area contributed by atoms with E-state index in [1.807, 2.05) is 18.2 Å². The second-order valence-electron chi connectivity index (χ2n) is 6.49. The van der Waals surface area contributed by atoms with Crippen LogP contribution in [-0.2, 0) is 0 Å². The molecule has 0 amide bonds. The number of guanidine groups is 1. The predicted octanol–water partition coefficient (Wildman–Crippen LogP) is 3.13. The third-order valence-corrected chi connectivity index (χ3v) is 4.83. The largest absolute Gasteiger partial charge is 0.493 e. The second-order valence-corrected chi connectivity index (χ2v) is 6.49. The molecule has 5 nitrogen and oxygen atoms in total. The maximum atomic E-state index is 5.34. The molecular formula is C18H27N3O2. The summed E-state index contributed by atoms with van der Waals surface area (Å²) in [6, 6.07) is 5.78. The van der Waals surface area contributed by atoms with Crippen molar-refractivity contribution >= 4 is 11.6 Å². The average Bonchev–Trinajstić information content (AvgIpc) is 3.47. The number of anilines is 1. The minimum Gasteiger partial charge on any atom is -0.493 e. The Labute approximate surface area is 138 Å². The van der Waals surface area contributed by atoms with Crippen LogP contribution in [0.5, 0.6) is 11.5 Å². The van der Waals surface area contributed by atoms with Gasteiger partial charge in [-0.1, -0.05) is 0 Å². The summed E-state index contributed by atoms with van der Waals surface area (Å²) in [5.74, 6) is 4.94. The Hall–Kier alpha value is -1.91. The fraction of sp³-hybridized carbons (Fsp3) is 0.611. The zero-order valence-electron chi connectivity index (χ0n) is 14.3. The van der Waals surface area contributed by atoms with Crippen molar-refractivity contribution < 1.29 is 9.47 Å². The Morgan fingerprint density at radius 2 is 1.78 bits per heavy atom. The van der Waals surface area contributed by atoms with E-state index in [2.05, 4.69) is 15.6 Å². The first-order valence-electron chi connectivity index (χ1n) is 8.45. The van der Waals surface area contributed by atoms with Gasteiger partial charge in [-0.05, 0) is 55.6 Å². The highest BCUT2D eigenvalue weighted by molar-refractivity contribution is 5.93. The van der Waals surface area contributed by atoms with Gasteiger partial charge in [-0.15, -0.1) is 0 Å². The molecule has 1 aromatic rings. The molecule has 0 bridgehead atoms. The molecule has 0 saturated heterocycles. The molecule has 2 aliphatic carbocycles. The first-order chi connectivity index (χ1) is 11.2. The lowest BCUT2D eigenvalue weighted by molar-refractivity contribution is 0.355. The predicted molar refractivity (Wildman–Crippen MR) is 93.5 cm³/mol. The zero-order chi connectivity index (χ0) is 16.2.